The lowest BCUT2D eigenvalue weighted by molar-refractivity contribution is -0.141. The summed E-state index contributed by atoms with van der Waals surface area (Å²) in [7, 11) is -4.19. The van der Waals surface area contributed by atoms with Crippen LogP contribution in [-0.2, 0) is 16.0 Å². The normalized spacial score (nSPS) is 15.5. The molecule has 3 aromatic rings. The molecule has 0 amide bonds. The highest BCUT2D eigenvalue weighted by Crippen LogP contribution is 2.37. The fraction of sp³-hybridized carbons (Fsp3) is 0.286. The fourth-order valence-electron chi connectivity index (χ4n) is 3.55. The van der Waals surface area contributed by atoms with Gasteiger partial charge in [0.2, 0.25) is 0 Å². The number of thioether (sulfide) groups is 1. The first-order valence-electron chi connectivity index (χ1n) is 9.85. The highest BCUT2D eigenvalue weighted by atomic mass is 32.2. The first-order chi connectivity index (χ1) is 15.6. The van der Waals surface area contributed by atoms with Crippen LogP contribution in [0.25, 0.3) is 22.4 Å². The fourth-order valence-corrected chi connectivity index (χ4v) is 6.84. The molecular weight excluding hydrogens is 480 g/mol. The topological polar surface area (TPSA) is 98.8 Å². The Morgan fingerprint density at radius 2 is 1.70 bits per heavy atom. The third-order valence-electron chi connectivity index (χ3n) is 5.26. The number of alkyl halides is 3. The Balaban J connectivity index is 1.83. The average molecular weight is 499 g/mol. The van der Waals surface area contributed by atoms with Crippen molar-refractivity contribution in [2.24, 2.45) is 0 Å². The van der Waals surface area contributed by atoms with E-state index >= 15 is 0 Å². The van der Waals surface area contributed by atoms with E-state index in [0.29, 0.717) is 30.4 Å². The Kier molecular flexibility index (Phi) is 6.32. The number of hydrogen-bond acceptors (Lipinski definition) is 7. The molecule has 1 fully saturated rings. The van der Waals surface area contributed by atoms with Crippen LogP contribution >= 0.6 is 11.8 Å². The van der Waals surface area contributed by atoms with Gasteiger partial charge in [0.1, 0.15) is 17.3 Å². The van der Waals surface area contributed by atoms with Crippen LogP contribution in [0.3, 0.4) is 0 Å². The Morgan fingerprint density at radius 1 is 1.00 bits per heavy atom. The molecule has 0 unspecified atom stereocenters. The number of hydrogen-bond donors (Lipinski definition) is 1. The molecule has 4 rings (SSSR count). The van der Waals surface area contributed by atoms with E-state index in [1.54, 1.807) is 11.8 Å². The Hall–Kier alpha value is -2.73. The molecule has 0 bridgehead atoms. The molecule has 1 saturated heterocycles. The van der Waals surface area contributed by atoms with Crippen molar-refractivity contribution >= 4 is 27.4 Å². The first-order valence-corrected chi connectivity index (χ1v) is 12.5. The van der Waals surface area contributed by atoms with E-state index in [2.05, 4.69) is 15.0 Å². The van der Waals surface area contributed by atoms with Crippen LogP contribution in [0.2, 0.25) is 0 Å². The van der Waals surface area contributed by atoms with Gasteiger partial charge in [0.25, 0.3) is 0 Å². The van der Waals surface area contributed by atoms with Gasteiger partial charge in [-0.15, -0.1) is 0 Å². The Morgan fingerprint density at radius 3 is 2.30 bits per heavy atom. The third kappa shape index (κ3) is 4.81. The highest BCUT2D eigenvalue weighted by molar-refractivity contribution is 7.99. The number of halogens is 4. The molecule has 6 nitrogen and oxygen atoms in total. The predicted octanol–water partition coefficient (Wildman–Crippen LogP) is 4.62. The third-order valence-corrected chi connectivity index (χ3v) is 8.50. The summed E-state index contributed by atoms with van der Waals surface area (Å²) in [4.78, 5) is 11.4. The molecule has 0 radical (unpaired) electrons. The monoisotopic (exact) mass is 498 g/mol. The minimum Gasteiger partial charge on any atom is -0.382 e. The van der Waals surface area contributed by atoms with Gasteiger partial charge in [-0.25, -0.2) is 22.8 Å². The van der Waals surface area contributed by atoms with Crippen molar-refractivity contribution in [1.29, 1.82) is 0 Å². The van der Waals surface area contributed by atoms with E-state index in [-0.39, 0.29) is 28.2 Å². The van der Waals surface area contributed by atoms with Crippen LogP contribution in [0.1, 0.15) is 18.5 Å². The second kappa shape index (κ2) is 8.90. The van der Waals surface area contributed by atoms with Crippen molar-refractivity contribution in [3.05, 3.63) is 54.2 Å². The zero-order chi connectivity index (χ0) is 23.8. The summed E-state index contributed by atoms with van der Waals surface area (Å²) < 4.78 is 81.5. The number of nitrogen functional groups attached to an aromatic ring is 1. The van der Waals surface area contributed by atoms with Gasteiger partial charge in [-0.05, 0) is 54.2 Å². The van der Waals surface area contributed by atoms with Gasteiger partial charge < -0.3 is 5.73 Å². The second-order valence-electron chi connectivity index (χ2n) is 7.42. The van der Waals surface area contributed by atoms with Gasteiger partial charge in [0.05, 0.1) is 23.3 Å². The zero-order valence-corrected chi connectivity index (χ0v) is 18.6. The molecule has 0 saturated carbocycles. The molecular formula is C21H18F4N4O2S2. The highest BCUT2D eigenvalue weighted by Gasteiger charge is 2.37. The van der Waals surface area contributed by atoms with Crippen molar-refractivity contribution in [3.8, 4) is 22.4 Å². The minimum absolute atomic E-state index is 0.0832. The van der Waals surface area contributed by atoms with E-state index < -0.39 is 37.8 Å². The summed E-state index contributed by atoms with van der Waals surface area (Å²) in [5.41, 5.74) is 4.46. The quantitative estimate of drug-likeness (QED) is 0.524. The van der Waals surface area contributed by atoms with Crippen molar-refractivity contribution in [2.75, 3.05) is 17.2 Å². The number of nitrogens with zero attached hydrogens (tertiary/aromatic N) is 3. The lowest BCUT2D eigenvalue weighted by atomic mass is 10.0. The molecule has 1 aliphatic heterocycles. The number of benzene rings is 1. The van der Waals surface area contributed by atoms with Crippen LogP contribution in [0.15, 0.2) is 47.8 Å². The molecule has 0 aliphatic carbocycles. The average Bonchev–Trinajstić information content (AvgIpc) is 2.79. The van der Waals surface area contributed by atoms with Gasteiger partial charge >= 0.3 is 6.18 Å². The summed E-state index contributed by atoms with van der Waals surface area (Å²) in [6, 6.07) is 5.54. The number of aromatic nitrogens is 3. The van der Waals surface area contributed by atoms with Crippen LogP contribution in [0.4, 0.5) is 23.4 Å². The minimum atomic E-state index is -4.83. The van der Waals surface area contributed by atoms with Gasteiger partial charge in [0.15, 0.2) is 14.9 Å². The van der Waals surface area contributed by atoms with E-state index in [1.165, 1.54) is 24.5 Å². The largest absolute Gasteiger partial charge is 0.433 e. The van der Waals surface area contributed by atoms with Gasteiger partial charge in [-0.1, -0.05) is 6.07 Å². The van der Waals surface area contributed by atoms with Gasteiger partial charge in [0, 0.05) is 11.1 Å². The number of anilines is 1. The standard InChI is InChI=1S/C21H18F4N4O2S2/c22-16-9-12(1-2-15(16)17-10-28-19(26)11-27-17)14-3-4-18(21(23,24)25)29-20(14)33(30,31)13-5-7-32-8-6-13/h1-4,9-11,13H,5-8H2,(H2,26,28). The van der Waals surface area contributed by atoms with Crippen LogP contribution in [0.5, 0.6) is 0 Å². The van der Waals surface area contributed by atoms with Crippen LogP contribution in [-0.4, -0.2) is 40.1 Å². The maximum absolute atomic E-state index is 14.9. The molecule has 2 aromatic heterocycles. The van der Waals surface area contributed by atoms with E-state index in [0.717, 1.165) is 12.1 Å². The molecule has 0 atom stereocenters. The van der Waals surface area contributed by atoms with E-state index in [1.807, 2.05) is 0 Å². The number of sulfone groups is 1. The Labute approximate surface area is 191 Å². The number of pyridine rings is 1. The van der Waals surface area contributed by atoms with Crippen molar-refractivity contribution in [1.82, 2.24) is 15.0 Å². The molecule has 174 valence electrons. The number of rotatable bonds is 4. The molecule has 0 spiro atoms. The molecule has 1 aromatic carbocycles. The van der Waals surface area contributed by atoms with Crippen LogP contribution < -0.4 is 5.73 Å². The van der Waals surface area contributed by atoms with Crippen molar-refractivity contribution in [3.63, 3.8) is 0 Å². The van der Waals surface area contributed by atoms with E-state index in [9.17, 15) is 26.0 Å². The van der Waals surface area contributed by atoms with Gasteiger partial charge in [-0.2, -0.15) is 24.9 Å². The van der Waals surface area contributed by atoms with Crippen LogP contribution in [0, 0.1) is 5.82 Å². The van der Waals surface area contributed by atoms with Gasteiger partial charge in [-0.3, -0.25) is 4.98 Å². The number of nitrogens with two attached hydrogens (primary N) is 1. The Bertz CT molecular complexity index is 1280. The summed E-state index contributed by atoms with van der Waals surface area (Å²) in [6.45, 7) is 0. The summed E-state index contributed by atoms with van der Waals surface area (Å²) >= 11 is 1.59. The summed E-state index contributed by atoms with van der Waals surface area (Å²) in [5, 5.41) is -1.53. The smallest absolute Gasteiger partial charge is 0.382 e. The zero-order valence-electron chi connectivity index (χ0n) is 17.0. The molecule has 1 aliphatic rings. The predicted molar refractivity (Wildman–Crippen MR) is 118 cm³/mol. The SMILES string of the molecule is Nc1cnc(-c2ccc(-c3ccc(C(F)(F)F)nc3S(=O)(=O)C3CCSCC3)cc2F)cn1. The maximum atomic E-state index is 14.9. The molecule has 12 heteroatoms. The summed E-state index contributed by atoms with van der Waals surface area (Å²) in [5.74, 6) is 0.584. The van der Waals surface area contributed by atoms with Crippen molar-refractivity contribution < 1.29 is 26.0 Å². The molecule has 2 N–H and O–H groups in total. The molecule has 33 heavy (non-hydrogen) atoms. The second-order valence-corrected chi connectivity index (χ2v) is 10.8. The maximum Gasteiger partial charge on any atom is 0.433 e. The first kappa shape index (κ1) is 23.4. The lowest BCUT2D eigenvalue weighted by Gasteiger charge is -2.23. The summed E-state index contributed by atoms with van der Waals surface area (Å²) in [6.07, 6.45) is -1.66. The lowest BCUT2D eigenvalue weighted by Crippen LogP contribution is -2.28. The van der Waals surface area contributed by atoms with Crippen molar-refractivity contribution in [2.45, 2.75) is 29.3 Å². The molecule has 3 heterocycles. The van der Waals surface area contributed by atoms with E-state index in [4.69, 9.17) is 5.73 Å².